The van der Waals surface area contributed by atoms with Gasteiger partial charge in [0, 0.05) is 6.20 Å². The Bertz CT molecular complexity index is 372. The highest BCUT2D eigenvalue weighted by Gasteiger charge is 2.21. The Morgan fingerprint density at radius 2 is 2.56 bits per heavy atom. The predicted octanol–water partition coefficient (Wildman–Crippen LogP) is 0.758. The van der Waals surface area contributed by atoms with Gasteiger partial charge in [0.1, 0.15) is 0 Å². The van der Waals surface area contributed by atoms with E-state index in [0.29, 0.717) is 6.54 Å². The van der Waals surface area contributed by atoms with Gasteiger partial charge < -0.3 is 10.6 Å². The average Bonchev–Trinajstić information content (AvgIpc) is 2.81. The van der Waals surface area contributed by atoms with Gasteiger partial charge in [0.15, 0.2) is 0 Å². The topological polar surface area (TPSA) is 54.0 Å². The normalized spacial score (nSPS) is 19.7. The van der Waals surface area contributed by atoms with E-state index in [2.05, 4.69) is 15.6 Å². The van der Waals surface area contributed by atoms with Crippen LogP contribution in [0.5, 0.6) is 0 Å². The third-order valence-corrected chi connectivity index (χ3v) is 2.92. The molecule has 1 aliphatic rings. The van der Waals surface area contributed by atoms with Crippen LogP contribution in [0.25, 0.3) is 0 Å². The van der Waals surface area contributed by atoms with Crippen LogP contribution < -0.4 is 10.6 Å². The molecule has 0 radical (unpaired) electrons. The van der Waals surface area contributed by atoms with Gasteiger partial charge in [-0.15, -0.1) is 0 Å². The lowest BCUT2D eigenvalue weighted by molar-refractivity contribution is -0.122. The van der Waals surface area contributed by atoms with E-state index in [1.165, 1.54) is 0 Å². The van der Waals surface area contributed by atoms with Crippen molar-refractivity contribution in [3.8, 4) is 0 Å². The van der Waals surface area contributed by atoms with Gasteiger partial charge in [0.25, 0.3) is 0 Å². The highest BCUT2D eigenvalue weighted by Crippen LogP contribution is 2.06. The minimum absolute atomic E-state index is 0.0102. The second-order valence-corrected chi connectivity index (χ2v) is 4.13. The lowest BCUT2D eigenvalue weighted by Crippen LogP contribution is -2.40. The molecule has 0 bridgehead atoms. The molecule has 1 aromatic heterocycles. The van der Waals surface area contributed by atoms with E-state index in [4.69, 9.17) is 0 Å². The molecule has 1 aliphatic heterocycles. The SMILES string of the molecule is Cc1cccnc1CNC(=O)C1CCCN1. The second kappa shape index (κ2) is 5.07. The fraction of sp³-hybridized carbons (Fsp3) is 0.500. The fourth-order valence-corrected chi connectivity index (χ4v) is 1.91. The van der Waals surface area contributed by atoms with Crippen molar-refractivity contribution in [3.05, 3.63) is 29.6 Å². The van der Waals surface area contributed by atoms with Crippen molar-refractivity contribution in [2.45, 2.75) is 32.4 Å². The molecule has 0 aromatic carbocycles. The first-order valence-corrected chi connectivity index (χ1v) is 5.69. The van der Waals surface area contributed by atoms with Crippen molar-refractivity contribution in [2.75, 3.05) is 6.54 Å². The predicted molar refractivity (Wildman–Crippen MR) is 61.8 cm³/mol. The van der Waals surface area contributed by atoms with Crippen LogP contribution in [0.1, 0.15) is 24.1 Å². The molecule has 4 heteroatoms. The van der Waals surface area contributed by atoms with Gasteiger partial charge in [-0.3, -0.25) is 9.78 Å². The summed E-state index contributed by atoms with van der Waals surface area (Å²) in [5, 5.41) is 6.09. The quantitative estimate of drug-likeness (QED) is 0.789. The maximum absolute atomic E-state index is 11.7. The van der Waals surface area contributed by atoms with Crippen LogP contribution in [-0.4, -0.2) is 23.5 Å². The van der Waals surface area contributed by atoms with Crippen molar-refractivity contribution in [1.29, 1.82) is 0 Å². The van der Waals surface area contributed by atoms with Gasteiger partial charge in [-0.05, 0) is 37.9 Å². The second-order valence-electron chi connectivity index (χ2n) is 4.13. The van der Waals surface area contributed by atoms with Crippen molar-refractivity contribution in [3.63, 3.8) is 0 Å². The largest absolute Gasteiger partial charge is 0.349 e. The molecule has 0 saturated carbocycles. The van der Waals surface area contributed by atoms with Crippen LogP contribution in [0.4, 0.5) is 0 Å². The monoisotopic (exact) mass is 219 g/mol. The summed E-state index contributed by atoms with van der Waals surface area (Å²) in [6, 6.07) is 3.89. The summed E-state index contributed by atoms with van der Waals surface area (Å²) in [6.45, 7) is 3.46. The number of carbonyl (C=O) groups excluding carboxylic acids is 1. The Morgan fingerprint density at radius 1 is 1.69 bits per heavy atom. The molecule has 1 aromatic rings. The standard InChI is InChI=1S/C12H17N3O/c1-9-4-2-6-14-11(9)8-15-12(16)10-5-3-7-13-10/h2,4,6,10,13H,3,5,7-8H2,1H3,(H,15,16). The summed E-state index contributed by atoms with van der Waals surface area (Å²) in [7, 11) is 0. The van der Waals surface area contributed by atoms with Crippen molar-refractivity contribution < 1.29 is 4.79 Å². The lowest BCUT2D eigenvalue weighted by atomic mass is 10.2. The minimum Gasteiger partial charge on any atom is -0.349 e. The molecule has 2 heterocycles. The zero-order valence-electron chi connectivity index (χ0n) is 9.49. The molecular formula is C12H17N3O. The lowest BCUT2D eigenvalue weighted by Gasteiger charge is -2.11. The number of nitrogens with one attached hydrogen (secondary N) is 2. The molecule has 1 atom stereocenters. The number of amides is 1. The number of aromatic nitrogens is 1. The fourth-order valence-electron chi connectivity index (χ4n) is 1.91. The molecule has 0 spiro atoms. The van der Waals surface area contributed by atoms with E-state index in [-0.39, 0.29) is 11.9 Å². The Balaban J connectivity index is 1.87. The molecule has 4 nitrogen and oxygen atoms in total. The third-order valence-electron chi connectivity index (χ3n) is 2.92. The number of pyridine rings is 1. The summed E-state index contributed by atoms with van der Waals surface area (Å²) in [5.74, 6) is 0.0857. The van der Waals surface area contributed by atoms with Gasteiger partial charge in [0.05, 0.1) is 18.3 Å². The number of carbonyl (C=O) groups is 1. The van der Waals surface area contributed by atoms with E-state index < -0.39 is 0 Å². The van der Waals surface area contributed by atoms with Gasteiger partial charge in [0.2, 0.25) is 5.91 Å². The van der Waals surface area contributed by atoms with E-state index in [1.54, 1.807) is 6.20 Å². The summed E-state index contributed by atoms with van der Waals surface area (Å²) in [4.78, 5) is 16.0. The number of nitrogens with zero attached hydrogens (tertiary/aromatic N) is 1. The molecule has 2 N–H and O–H groups in total. The number of hydrogen-bond donors (Lipinski definition) is 2. The third kappa shape index (κ3) is 2.58. The molecule has 1 unspecified atom stereocenters. The molecular weight excluding hydrogens is 202 g/mol. The van der Waals surface area contributed by atoms with Gasteiger partial charge in [-0.1, -0.05) is 6.07 Å². The van der Waals surface area contributed by atoms with Crippen LogP contribution in [-0.2, 0) is 11.3 Å². The smallest absolute Gasteiger partial charge is 0.237 e. The zero-order valence-corrected chi connectivity index (χ0v) is 9.49. The molecule has 86 valence electrons. The number of hydrogen-bond acceptors (Lipinski definition) is 3. The number of aryl methyl sites for hydroxylation is 1. The first-order chi connectivity index (χ1) is 7.77. The molecule has 1 saturated heterocycles. The van der Waals surface area contributed by atoms with Gasteiger partial charge in [-0.25, -0.2) is 0 Å². The average molecular weight is 219 g/mol. The van der Waals surface area contributed by atoms with Crippen LogP contribution in [0, 0.1) is 6.92 Å². The maximum Gasteiger partial charge on any atom is 0.237 e. The first kappa shape index (κ1) is 11.1. The Hall–Kier alpha value is -1.42. The molecule has 16 heavy (non-hydrogen) atoms. The highest BCUT2D eigenvalue weighted by molar-refractivity contribution is 5.81. The van der Waals surface area contributed by atoms with Gasteiger partial charge >= 0.3 is 0 Å². The molecule has 0 aliphatic carbocycles. The Labute approximate surface area is 95.5 Å². The number of rotatable bonds is 3. The van der Waals surface area contributed by atoms with Crippen LogP contribution >= 0.6 is 0 Å². The Kier molecular flexibility index (Phi) is 3.51. The Morgan fingerprint density at radius 3 is 3.25 bits per heavy atom. The summed E-state index contributed by atoms with van der Waals surface area (Å²) in [6.07, 6.45) is 3.77. The summed E-state index contributed by atoms with van der Waals surface area (Å²) >= 11 is 0. The molecule has 1 fully saturated rings. The van der Waals surface area contributed by atoms with Gasteiger partial charge in [-0.2, -0.15) is 0 Å². The van der Waals surface area contributed by atoms with E-state index in [9.17, 15) is 4.79 Å². The zero-order chi connectivity index (χ0) is 11.4. The highest BCUT2D eigenvalue weighted by atomic mass is 16.2. The van der Waals surface area contributed by atoms with E-state index in [0.717, 1.165) is 30.6 Å². The minimum atomic E-state index is -0.0102. The first-order valence-electron chi connectivity index (χ1n) is 5.69. The van der Waals surface area contributed by atoms with Crippen LogP contribution in [0.3, 0.4) is 0 Å². The van der Waals surface area contributed by atoms with E-state index in [1.807, 2.05) is 19.1 Å². The van der Waals surface area contributed by atoms with Crippen molar-refractivity contribution in [1.82, 2.24) is 15.6 Å². The summed E-state index contributed by atoms with van der Waals surface area (Å²) in [5.41, 5.74) is 2.05. The maximum atomic E-state index is 11.7. The van der Waals surface area contributed by atoms with E-state index >= 15 is 0 Å². The van der Waals surface area contributed by atoms with Crippen LogP contribution in [0.2, 0.25) is 0 Å². The molecule has 2 rings (SSSR count). The van der Waals surface area contributed by atoms with Crippen LogP contribution in [0.15, 0.2) is 18.3 Å². The van der Waals surface area contributed by atoms with Crippen molar-refractivity contribution >= 4 is 5.91 Å². The molecule has 1 amide bonds. The summed E-state index contributed by atoms with van der Waals surface area (Å²) < 4.78 is 0. The van der Waals surface area contributed by atoms with Crippen molar-refractivity contribution in [2.24, 2.45) is 0 Å².